The van der Waals surface area contributed by atoms with Crippen molar-refractivity contribution >= 4 is 0 Å². The fourth-order valence-corrected chi connectivity index (χ4v) is 1.81. The molecule has 0 atom stereocenters. The van der Waals surface area contributed by atoms with Gasteiger partial charge in [-0.15, -0.1) is 0 Å². The molecule has 2 heteroatoms. The molecule has 13 heavy (non-hydrogen) atoms. The zero-order valence-electron chi connectivity index (χ0n) is 7.84. The molecule has 1 aliphatic rings. The molecule has 1 N–H and O–H groups in total. The van der Waals surface area contributed by atoms with Crippen LogP contribution in [0.15, 0.2) is 12.1 Å². The number of hydrogen-bond acceptors (Lipinski definition) is 2. The number of rotatable bonds is 1. The molecule has 2 rings (SSSR count). The normalized spacial score (nSPS) is 14.8. The fraction of sp³-hybridized carbons (Fsp3) is 0.455. The number of hydrogen-bond donors (Lipinski definition) is 1. The van der Waals surface area contributed by atoms with Crippen molar-refractivity contribution in [2.45, 2.75) is 26.2 Å². The first kappa shape index (κ1) is 8.42. The van der Waals surface area contributed by atoms with Gasteiger partial charge in [-0.3, -0.25) is 0 Å². The van der Waals surface area contributed by atoms with Crippen molar-refractivity contribution in [1.82, 2.24) is 0 Å². The molecule has 2 nitrogen and oxygen atoms in total. The minimum absolute atomic E-state index is 0.362. The van der Waals surface area contributed by atoms with Crippen LogP contribution in [0.3, 0.4) is 0 Å². The second kappa shape index (κ2) is 3.29. The van der Waals surface area contributed by atoms with Crippen molar-refractivity contribution in [1.29, 1.82) is 0 Å². The Bertz CT molecular complexity index is 301. The van der Waals surface area contributed by atoms with Gasteiger partial charge in [0.15, 0.2) is 0 Å². The van der Waals surface area contributed by atoms with Crippen LogP contribution in [0.5, 0.6) is 11.5 Å². The van der Waals surface area contributed by atoms with Crippen molar-refractivity contribution < 1.29 is 9.84 Å². The van der Waals surface area contributed by atoms with E-state index in [9.17, 15) is 5.11 Å². The van der Waals surface area contributed by atoms with Crippen LogP contribution in [0.25, 0.3) is 0 Å². The van der Waals surface area contributed by atoms with E-state index in [1.807, 2.05) is 6.07 Å². The third-order valence-corrected chi connectivity index (χ3v) is 2.45. The first-order valence-electron chi connectivity index (χ1n) is 4.79. The van der Waals surface area contributed by atoms with E-state index in [0.717, 1.165) is 42.7 Å². The zero-order valence-corrected chi connectivity index (χ0v) is 7.84. The quantitative estimate of drug-likeness (QED) is 0.714. The number of aromatic hydroxyl groups is 1. The van der Waals surface area contributed by atoms with E-state index in [4.69, 9.17) is 4.74 Å². The molecular formula is C11H14O2. The summed E-state index contributed by atoms with van der Waals surface area (Å²) in [6.45, 7) is 2.89. The summed E-state index contributed by atoms with van der Waals surface area (Å²) in [6, 6.07) is 3.61. The molecule has 1 aromatic rings. The Morgan fingerprint density at radius 2 is 2.31 bits per heavy atom. The number of ether oxygens (including phenoxy) is 1. The summed E-state index contributed by atoms with van der Waals surface area (Å²) in [6.07, 6.45) is 2.99. The number of fused-ring (bicyclic) bond motifs is 1. The lowest BCUT2D eigenvalue weighted by molar-refractivity contribution is 0.284. The lowest BCUT2D eigenvalue weighted by Gasteiger charge is -2.20. The van der Waals surface area contributed by atoms with Crippen LogP contribution < -0.4 is 4.74 Å². The van der Waals surface area contributed by atoms with Crippen LogP contribution in [0.2, 0.25) is 0 Å². The Hall–Kier alpha value is -1.18. The van der Waals surface area contributed by atoms with Crippen LogP contribution in [0.4, 0.5) is 0 Å². The molecule has 1 aliphatic heterocycles. The Morgan fingerprint density at radius 1 is 1.46 bits per heavy atom. The summed E-state index contributed by atoms with van der Waals surface area (Å²) in [5, 5.41) is 9.44. The average Bonchev–Trinajstić information content (AvgIpc) is 2.16. The predicted molar refractivity (Wildman–Crippen MR) is 51.3 cm³/mol. The summed E-state index contributed by atoms with van der Waals surface area (Å²) in [5.41, 5.74) is 2.28. The van der Waals surface area contributed by atoms with Crippen LogP contribution in [-0.4, -0.2) is 11.7 Å². The van der Waals surface area contributed by atoms with E-state index in [-0.39, 0.29) is 0 Å². The smallest absolute Gasteiger partial charge is 0.125 e. The Morgan fingerprint density at radius 3 is 3.08 bits per heavy atom. The highest BCUT2D eigenvalue weighted by Crippen LogP contribution is 2.32. The van der Waals surface area contributed by atoms with Crippen molar-refractivity contribution in [2.75, 3.05) is 6.61 Å². The average molecular weight is 178 g/mol. The highest BCUT2D eigenvalue weighted by atomic mass is 16.5. The molecule has 1 heterocycles. The van der Waals surface area contributed by atoms with E-state index in [2.05, 4.69) is 6.92 Å². The van der Waals surface area contributed by atoms with Gasteiger partial charge in [0.05, 0.1) is 6.61 Å². The van der Waals surface area contributed by atoms with E-state index in [1.165, 1.54) is 0 Å². The third-order valence-electron chi connectivity index (χ3n) is 2.45. The molecule has 0 aliphatic carbocycles. The summed E-state index contributed by atoms with van der Waals surface area (Å²) >= 11 is 0. The SMILES string of the molecule is CCc1cc(O)cc2c1OCCC2. The second-order valence-electron chi connectivity index (χ2n) is 3.40. The molecule has 0 bridgehead atoms. The topological polar surface area (TPSA) is 29.5 Å². The van der Waals surface area contributed by atoms with Crippen molar-refractivity contribution in [3.63, 3.8) is 0 Å². The van der Waals surface area contributed by atoms with Crippen LogP contribution in [-0.2, 0) is 12.8 Å². The molecule has 0 amide bonds. The van der Waals surface area contributed by atoms with Crippen LogP contribution in [0, 0.1) is 0 Å². The maximum Gasteiger partial charge on any atom is 0.125 e. The van der Waals surface area contributed by atoms with Crippen LogP contribution in [0.1, 0.15) is 24.5 Å². The first-order chi connectivity index (χ1) is 6.31. The van der Waals surface area contributed by atoms with Gasteiger partial charge in [0.25, 0.3) is 0 Å². The van der Waals surface area contributed by atoms with Gasteiger partial charge in [-0.2, -0.15) is 0 Å². The van der Waals surface area contributed by atoms with E-state index in [1.54, 1.807) is 6.07 Å². The summed E-state index contributed by atoms with van der Waals surface area (Å²) < 4.78 is 5.59. The Labute approximate surface area is 78.2 Å². The molecule has 1 aromatic carbocycles. The van der Waals surface area contributed by atoms with Gasteiger partial charge in [-0.25, -0.2) is 0 Å². The van der Waals surface area contributed by atoms with Gasteiger partial charge >= 0.3 is 0 Å². The van der Waals surface area contributed by atoms with E-state index >= 15 is 0 Å². The maximum absolute atomic E-state index is 9.44. The number of phenols is 1. The third kappa shape index (κ3) is 1.48. The Kier molecular flexibility index (Phi) is 2.13. The molecule has 70 valence electrons. The molecule has 0 spiro atoms. The van der Waals surface area contributed by atoms with E-state index < -0.39 is 0 Å². The molecule has 0 radical (unpaired) electrons. The predicted octanol–water partition coefficient (Wildman–Crippen LogP) is 2.28. The van der Waals surface area contributed by atoms with Gasteiger partial charge < -0.3 is 9.84 Å². The lowest BCUT2D eigenvalue weighted by Crippen LogP contribution is -2.10. The minimum atomic E-state index is 0.362. The summed E-state index contributed by atoms with van der Waals surface area (Å²) in [7, 11) is 0. The molecule has 0 fully saturated rings. The van der Waals surface area contributed by atoms with Gasteiger partial charge in [0.2, 0.25) is 0 Å². The van der Waals surface area contributed by atoms with Gasteiger partial charge in [-0.05, 0) is 42.5 Å². The van der Waals surface area contributed by atoms with Crippen molar-refractivity contribution in [3.8, 4) is 11.5 Å². The fourth-order valence-electron chi connectivity index (χ4n) is 1.81. The summed E-state index contributed by atoms with van der Waals surface area (Å²) in [4.78, 5) is 0. The molecule has 0 saturated carbocycles. The molecular weight excluding hydrogens is 164 g/mol. The minimum Gasteiger partial charge on any atom is -0.508 e. The molecule has 0 aromatic heterocycles. The van der Waals surface area contributed by atoms with Gasteiger partial charge in [0, 0.05) is 0 Å². The van der Waals surface area contributed by atoms with Crippen molar-refractivity contribution in [2.24, 2.45) is 0 Å². The second-order valence-corrected chi connectivity index (χ2v) is 3.40. The molecule has 0 unspecified atom stereocenters. The highest BCUT2D eigenvalue weighted by molar-refractivity contribution is 5.47. The largest absolute Gasteiger partial charge is 0.508 e. The number of phenolic OH excluding ortho intramolecular Hbond substituents is 1. The van der Waals surface area contributed by atoms with E-state index in [0.29, 0.717) is 5.75 Å². The van der Waals surface area contributed by atoms with Crippen molar-refractivity contribution in [3.05, 3.63) is 23.3 Å². The zero-order chi connectivity index (χ0) is 9.26. The number of benzene rings is 1. The number of aryl methyl sites for hydroxylation is 2. The summed E-state index contributed by atoms with van der Waals surface area (Å²) in [5.74, 6) is 1.37. The Balaban J connectivity index is 2.50. The first-order valence-corrected chi connectivity index (χ1v) is 4.79. The molecule has 0 saturated heterocycles. The van der Waals surface area contributed by atoms with Gasteiger partial charge in [0.1, 0.15) is 11.5 Å². The van der Waals surface area contributed by atoms with Crippen LogP contribution >= 0.6 is 0 Å². The lowest BCUT2D eigenvalue weighted by atomic mass is 10.0. The van der Waals surface area contributed by atoms with Gasteiger partial charge in [-0.1, -0.05) is 6.92 Å². The monoisotopic (exact) mass is 178 g/mol. The standard InChI is InChI=1S/C11H14O2/c1-2-8-6-10(12)7-9-4-3-5-13-11(8)9/h6-7,12H,2-5H2,1H3. The highest BCUT2D eigenvalue weighted by Gasteiger charge is 2.14. The maximum atomic E-state index is 9.44.